The first-order valence-corrected chi connectivity index (χ1v) is 9.96. The van der Waals surface area contributed by atoms with Crippen LogP contribution < -0.4 is 10.0 Å². The summed E-state index contributed by atoms with van der Waals surface area (Å²) in [5.41, 5.74) is 2.73. The van der Waals surface area contributed by atoms with Crippen LogP contribution in [0.1, 0.15) is 37.5 Å². The Morgan fingerprint density at radius 2 is 1.81 bits per heavy atom. The Hall–Kier alpha value is -2.64. The van der Waals surface area contributed by atoms with Gasteiger partial charge in [0.05, 0.1) is 4.90 Å². The Kier molecular flexibility index (Phi) is 4.61. The average molecular weight is 386 g/mol. The lowest BCUT2D eigenvalue weighted by Gasteiger charge is -2.20. The predicted octanol–water partition coefficient (Wildman–Crippen LogP) is 3.09. The zero-order chi connectivity index (χ0) is 20.0. The Morgan fingerprint density at radius 1 is 1.11 bits per heavy atom. The minimum atomic E-state index is -3.61. The molecular weight excluding hydrogens is 364 g/mol. The number of aromatic hydroxyl groups is 1. The van der Waals surface area contributed by atoms with Crippen LogP contribution in [-0.2, 0) is 20.2 Å². The van der Waals surface area contributed by atoms with Crippen molar-refractivity contribution >= 4 is 33.3 Å². The summed E-state index contributed by atoms with van der Waals surface area (Å²) in [6, 6.07) is 9.67. The van der Waals surface area contributed by atoms with Crippen molar-refractivity contribution in [3.63, 3.8) is 0 Å². The molecule has 1 aliphatic heterocycles. The van der Waals surface area contributed by atoms with E-state index in [-0.39, 0.29) is 22.0 Å². The Balaban J connectivity index is 2.12. The summed E-state index contributed by atoms with van der Waals surface area (Å²) in [4.78, 5) is 12.5. The van der Waals surface area contributed by atoms with Crippen LogP contribution in [0.5, 0.6) is 5.75 Å². The number of phenols is 1. The number of benzene rings is 2. The van der Waals surface area contributed by atoms with Crippen LogP contribution in [0, 0.1) is 0 Å². The zero-order valence-electron chi connectivity index (χ0n) is 15.6. The third kappa shape index (κ3) is 3.61. The first-order chi connectivity index (χ1) is 12.5. The van der Waals surface area contributed by atoms with Gasteiger partial charge in [-0.3, -0.25) is 4.79 Å². The van der Waals surface area contributed by atoms with E-state index in [1.165, 1.54) is 19.2 Å². The van der Waals surface area contributed by atoms with E-state index in [9.17, 15) is 18.3 Å². The minimum absolute atomic E-state index is 0.0900. The number of phenolic OH excluding ortho intramolecular Hbond substituents is 1. The molecule has 0 saturated carbocycles. The number of hydrogen-bond acceptors (Lipinski definition) is 4. The first-order valence-electron chi connectivity index (χ1n) is 8.47. The molecular formula is C20H22N2O4S. The Morgan fingerprint density at radius 3 is 2.44 bits per heavy atom. The predicted molar refractivity (Wildman–Crippen MR) is 106 cm³/mol. The van der Waals surface area contributed by atoms with Gasteiger partial charge in [-0.15, -0.1) is 0 Å². The third-order valence-electron chi connectivity index (χ3n) is 4.49. The fourth-order valence-corrected chi connectivity index (χ4v) is 3.76. The van der Waals surface area contributed by atoms with Gasteiger partial charge in [0.15, 0.2) is 0 Å². The SMILES string of the molecule is CNS(=O)(=O)c1ccc2c(c1)C(=Cc1ccc(O)c(C(C)(C)C)c1)C(=O)N2. The van der Waals surface area contributed by atoms with Crippen LogP contribution in [0.25, 0.3) is 11.6 Å². The van der Waals surface area contributed by atoms with Crippen molar-refractivity contribution in [2.75, 3.05) is 12.4 Å². The highest BCUT2D eigenvalue weighted by Crippen LogP contribution is 2.36. The normalized spacial score (nSPS) is 15.7. The van der Waals surface area contributed by atoms with Crippen LogP contribution in [0.4, 0.5) is 5.69 Å². The Bertz CT molecular complexity index is 1060. The molecule has 0 bridgehead atoms. The molecule has 0 radical (unpaired) electrons. The maximum atomic E-state index is 12.4. The summed E-state index contributed by atoms with van der Waals surface area (Å²) in [6.07, 6.45) is 1.70. The van der Waals surface area contributed by atoms with Crippen LogP contribution in [0.15, 0.2) is 41.3 Å². The highest BCUT2D eigenvalue weighted by atomic mass is 32.2. The van der Waals surface area contributed by atoms with Crippen LogP contribution >= 0.6 is 0 Å². The quantitative estimate of drug-likeness (QED) is 0.707. The number of carbonyl (C=O) groups is 1. The second kappa shape index (κ2) is 6.51. The molecule has 27 heavy (non-hydrogen) atoms. The van der Waals surface area contributed by atoms with Gasteiger partial charge in [-0.05, 0) is 60.0 Å². The largest absolute Gasteiger partial charge is 0.508 e. The fourth-order valence-electron chi connectivity index (χ4n) is 3.01. The molecule has 0 unspecified atom stereocenters. The molecule has 2 aromatic rings. The van der Waals surface area contributed by atoms with Gasteiger partial charge in [0.25, 0.3) is 5.91 Å². The summed E-state index contributed by atoms with van der Waals surface area (Å²) >= 11 is 0. The lowest BCUT2D eigenvalue weighted by molar-refractivity contribution is -0.110. The Labute approximate surface area is 159 Å². The van der Waals surface area contributed by atoms with Crippen molar-refractivity contribution in [2.45, 2.75) is 31.1 Å². The molecule has 1 amide bonds. The number of nitrogens with one attached hydrogen (secondary N) is 2. The molecule has 0 spiro atoms. The molecule has 3 rings (SSSR count). The van der Waals surface area contributed by atoms with E-state index in [1.807, 2.05) is 26.8 Å². The van der Waals surface area contributed by atoms with Crippen LogP contribution in [-0.4, -0.2) is 26.5 Å². The molecule has 0 fully saturated rings. The first kappa shape index (κ1) is 19.1. The summed E-state index contributed by atoms with van der Waals surface area (Å²) in [5, 5.41) is 12.9. The van der Waals surface area contributed by atoms with E-state index < -0.39 is 10.0 Å². The highest BCUT2D eigenvalue weighted by molar-refractivity contribution is 7.89. The minimum Gasteiger partial charge on any atom is -0.508 e. The van der Waals surface area contributed by atoms with E-state index >= 15 is 0 Å². The van der Waals surface area contributed by atoms with Crippen LogP contribution in [0.2, 0.25) is 0 Å². The van der Waals surface area contributed by atoms with E-state index in [4.69, 9.17) is 0 Å². The monoisotopic (exact) mass is 386 g/mol. The van der Waals surface area contributed by atoms with Gasteiger partial charge in [-0.1, -0.05) is 26.8 Å². The smallest absolute Gasteiger partial charge is 0.256 e. The summed E-state index contributed by atoms with van der Waals surface area (Å²) in [7, 11) is -2.27. The molecule has 0 aliphatic carbocycles. The van der Waals surface area contributed by atoms with Gasteiger partial charge in [0.1, 0.15) is 5.75 Å². The summed E-state index contributed by atoms with van der Waals surface area (Å²) < 4.78 is 26.4. The molecule has 3 N–H and O–H groups in total. The van der Waals surface area contributed by atoms with Crippen molar-refractivity contribution in [2.24, 2.45) is 0 Å². The van der Waals surface area contributed by atoms with E-state index in [2.05, 4.69) is 10.0 Å². The maximum Gasteiger partial charge on any atom is 0.256 e. The third-order valence-corrected chi connectivity index (χ3v) is 5.90. The maximum absolute atomic E-state index is 12.4. The number of rotatable bonds is 3. The molecule has 142 valence electrons. The van der Waals surface area contributed by atoms with E-state index in [0.717, 1.165) is 11.1 Å². The van der Waals surface area contributed by atoms with Crippen LogP contribution in [0.3, 0.4) is 0 Å². The number of anilines is 1. The van der Waals surface area contributed by atoms with Gasteiger partial charge >= 0.3 is 0 Å². The van der Waals surface area contributed by atoms with Crippen molar-refractivity contribution in [1.82, 2.24) is 4.72 Å². The number of fused-ring (bicyclic) bond motifs is 1. The summed E-state index contributed by atoms with van der Waals surface area (Å²) in [6.45, 7) is 5.97. The zero-order valence-corrected chi connectivity index (χ0v) is 16.4. The molecule has 7 heteroatoms. The molecule has 0 atom stereocenters. The van der Waals surface area contributed by atoms with Crippen molar-refractivity contribution in [3.8, 4) is 5.75 Å². The second-order valence-corrected chi connectivity index (χ2v) is 9.34. The molecule has 0 aromatic heterocycles. The van der Waals surface area contributed by atoms with Gasteiger partial charge in [0.2, 0.25) is 10.0 Å². The molecule has 0 saturated heterocycles. The molecule has 1 heterocycles. The van der Waals surface area contributed by atoms with E-state index in [0.29, 0.717) is 16.8 Å². The van der Waals surface area contributed by atoms with Gasteiger partial charge in [0, 0.05) is 16.8 Å². The lowest BCUT2D eigenvalue weighted by Crippen LogP contribution is -2.18. The van der Waals surface area contributed by atoms with Gasteiger partial charge < -0.3 is 10.4 Å². The number of carbonyl (C=O) groups excluding carboxylic acids is 1. The molecule has 6 nitrogen and oxygen atoms in total. The van der Waals surface area contributed by atoms with E-state index in [1.54, 1.807) is 24.3 Å². The standard InChI is InChI=1S/C20H22N2O4S/c1-20(2,3)16-10-12(5-8-18(16)23)9-15-14-11-13(27(25,26)21-4)6-7-17(14)22-19(15)24/h5-11,21,23H,1-4H3,(H,22,24). The number of hydrogen-bond donors (Lipinski definition) is 3. The molecule has 2 aromatic carbocycles. The lowest BCUT2D eigenvalue weighted by atomic mass is 9.85. The van der Waals surface area contributed by atoms with Gasteiger partial charge in [-0.25, -0.2) is 13.1 Å². The van der Waals surface area contributed by atoms with Crippen molar-refractivity contribution < 1.29 is 18.3 Å². The summed E-state index contributed by atoms with van der Waals surface area (Å²) in [5.74, 6) is -0.0993. The van der Waals surface area contributed by atoms with Gasteiger partial charge in [-0.2, -0.15) is 0 Å². The molecule has 1 aliphatic rings. The second-order valence-electron chi connectivity index (χ2n) is 7.45. The number of amides is 1. The van der Waals surface area contributed by atoms with Crippen molar-refractivity contribution in [3.05, 3.63) is 53.1 Å². The topological polar surface area (TPSA) is 95.5 Å². The highest BCUT2D eigenvalue weighted by Gasteiger charge is 2.26. The average Bonchev–Trinajstić information content (AvgIpc) is 2.90. The fraction of sp³-hybridized carbons (Fsp3) is 0.250. The van der Waals surface area contributed by atoms with Crippen molar-refractivity contribution in [1.29, 1.82) is 0 Å². The number of sulfonamides is 1.